The Morgan fingerprint density at radius 2 is 1.90 bits per heavy atom. The van der Waals surface area contributed by atoms with Crippen LogP contribution in [-0.2, 0) is 17.8 Å². The van der Waals surface area contributed by atoms with E-state index in [-0.39, 0.29) is 5.91 Å². The Morgan fingerprint density at radius 3 is 2.57 bits per heavy atom. The summed E-state index contributed by atoms with van der Waals surface area (Å²) in [5, 5.41) is 7.60. The van der Waals surface area contributed by atoms with Crippen molar-refractivity contribution in [1.82, 2.24) is 25.1 Å². The third kappa shape index (κ3) is 4.94. The van der Waals surface area contributed by atoms with Crippen molar-refractivity contribution in [3.8, 4) is 11.6 Å². The fourth-order valence-electron chi connectivity index (χ4n) is 3.23. The van der Waals surface area contributed by atoms with E-state index in [9.17, 15) is 4.79 Å². The first-order valence-electron chi connectivity index (χ1n) is 9.83. The molecule has 8 nitrogen and oxygen atoms in total. The topological polar surface area (TPSA) is 85.2 Å². The lowest BCUT2D eigenvalue weighted by Crippen LogP contribution is -2.23. The Balaban J connectivity index is 1.63. The molecular weight excluding hydrogens is 380 g/mol. The van der Waals surface area contributed by atoms with E-state index in [0.29, 0.717) is 25.2 Å². The second kappa shape index (κ2) is 9.39. The molecule has 0 atom stereocenters. The minimum atomic E-state index is 0.00861. The molecule has 1 aromatic carbocycles. The van der Waals surface area contributed by atoms with Gasteiger partial charge in [0.15, 0.2) is 5.82 Å². The van der Waals surface area contributed by atoms with Crippen LogP contribution in [0.25, 0.3) is 5.82 Å². The molecule has 3 aromatic rings. The second-order valence-electron chi connectivity index (χ2n) is 7.31. The van der Waals surface area contributed by atoms with E-state index in [1.165, 1.54) is 6.33 Å². The van der Waals surface area contributed by atoms with Gasteiger partial charge < -0.3 is 15.0 Å². The lowest BCUT2D eigenvalue weighted by atomic mass is 10.1. The van der Waals surface area contributed by atoms with Gasteiger partial charge in [0, 0.05) is 38.8 Å². The summed E-state index contributed by atoms with van der Waals surface area (Å²) >= 11 is 0. The van der Waals surface area contributed by atoms with Crippen LogP contribution in [0.15, 0.2) is 36.7 Å². The number of amides is 1. The lowest BCUT2D eigenvalue weighted by Gasteiger charge is -2.12. The highest BCUT2D eigenvalue weighted by Gasteiger charge is 2.15. The summed E-state index contributed by atoms with van der Waals surface area (Å²) in [7, 11) is 5.50. The van der Waals surface area contributed by atoms with Gasteiger partial charge in [-0.05, 0) is 43.5 Å². The van der Waals surface area contributed by atoms with Gasteiger partial charge in [0.05, 0.1) is 12.8 Å². The average molecular weight is 409 g/mol. The van der Waals surface area contributed by atoms with Crippen molar-refractivity contribution in [2.24, 2.45) is 0 Å². The van der Waals surface area contributed by atoms with E-state index < -0.39 is 0 Å². The van der Waals surface area contributed by atoms with E-state index in [1.807, 2.05) is 67.9 Å². The van der Waals surface area contributed by atoms with Gasteiger partial charge in [-0.1, -0.05) is 12.1 Å². The molecule has 0 aliphatic rings. The number of carbonyl (C=O) groups is 1. The highest BCUT2D eigenvalue weighted by Crippen LogP contribution is 2.20. The molecule has 2 heterocycles. The molecule has 2 aromatic heterocycles. The molecule has 0 radical (unpaired) electrons. The molecule has 0 aliphatic heterocycles. The zero-order chi connectivity index (χ0) is 21.7. The Morgan fingerprint density at radius 1 is 1.17 bits per heavy atom. The number of anilines is 1. The number of aryl methyl sites for hydroxylation is 1. The van der Waals surface area contributed by atoms with Crippen LogP contribution in [0, 0.1) is 13.8 Å². The minimum Gasteiger partial charge on any atom is -0.497 e. The van der Waals surface area contributed by atoms with E-state index in [1.54, 1.807) is 7.11 Å². The molecule has 1 N–H and O–H groups in total. The maximum Gasteiger partial charge on any atom is 0.220 e. The molecular formula is C22H28N6O2. The maximum absolute atomic E-state index is 12.3. The van der Waals surface area contributed by atoms with Crippen LogP contribution < -0.4 is 15.0 Å². The standard InChI is InChI=1S/C22H28N6O2/c1-15-19(10-11-22(29)23-13-17-6-8-18(30-5)9-7-17)16(2)28(26-15)21-12-20(27(3)4)24-14-25-21/h6-9,12,14H,10-11,13H2,1-5H3,(H,23,29). The van der Waals surface area contributed by atoms with Crippen molar-refractivity contribution in [3.63, 3.8) is 0 Å². The number of methoxy groups -OCH3 is 1. The van der Waals surface area contributed by atoms with Crippen molar-refractivity contribution >= 4 is 11.7 Å². The van der Waals surface area contributed by atoms with Gasteiger partial charge >= 0.3 is 0 Å². The van der Waals surface area contributed by atoms with Crippen molar-refractivity contribution in [1.29, 1.82) is 0 Å². The second-order valence-corrected chi connectivity index (χ2v) is 7.31. The van der Waals surface area contributed by atoms with Crippen molar-refractivity contribution in [2.75, 3.05) is 26.1 Å². The number of rotatable bonds is 8. The minimum absolute atomic E-state index is 0.00861. The van der Waals surface area contributed by atoms with E-state index in [2.05, 4.69) is 20.4 Å². The number of hydrogen-bond donors (Lipinski definition) is 1. The van der Waals surface area contributed by atoms with Crippen LogP contribution >= 0.6 is 0 Å². The van der Waals surface area contributed by atoms with Crippen LogP contribution in [-0.4, -0.2) is 46.9 Å². The largest absolute Gasteiger partial charge is 0.497 e. The van der Waals surface area contributed by atoms with Gasteiger partial charge in [-0.15, -0.1) is 0 Å². The molecule has 158 valence electrons. The smallest absolute Gasteiger partial charge is 0.220 e. The fourth-order valence-corrected chi connectivity index (χ4v) is 3.23. The number of nitrogens with zero attached hydrogens (tertiary/aromatic N) is 5. The van der Waals surface area contributed by atoms with Gasteiger partial charge in [0.25, 0.3) is 0 Å². The van der Waals surface area contributed by atoms with Gasteiger partial charge in [-0.3, -0.25) is 4.79 Å². The maximum atomic E-state index is 12.3. The molecule has 0 saturated carbocycles. The van der Waals surface area contributed by atoms with Crippen LogP contribution in [0.2, 0.25) is 0 Å². The predicted molar refractivity (Wildman–Crippen MR) is 116 cm³/mol. The third-order valence-electron chi connectivity index (χ3n) is 5.01. The first-order chi connectivity index (χ1) is 14.4. The van der Waals surface area contributed by atoms with Gasteiger partial charge in [0.2, 0.25) is 5.91 Å². The summed E-state index contributed by atoms with van der Waals surface area (Å²) in [5.41, 5.74) is 3.99. The molecule has 8 heteroatoms. The van der Waals surface area contributed by atoms with Crippen molar-refractivity contribution < 1.29 is 9.53 Å². The Labute approximate surface area is 176 Å². The van der Waals surface area contributed by atoms with Crippen molar-refractivity contribution in [3.05, 3.63) is 59.2 Å². The van der Waals surface area contributed by atoms with Gasteiger partial charge in [-0.25, -0.2) is 14.6 Å². The van der Waals surface area contributed by atoms with Crippen LogP contribution in [0.4, 0.5) is 5.82 Å². The average Bonchev–Trinajstić information content (AvgIpc) is 3.04. The summed E-state index contributed by atoms with van der Waals surface area (Å²) in [6.45, 7) is 4.46. The Kier molecular flexibility index (Phi) is 6.66. The molecule has 30 heavy (non-hydrogen) atoms. The summed E-state index contributed by atoms with van der Waals surface area (Å²) in [6.07, 6.45) is 2.56. The van der Waals surface area contributed by atoms with Crippen molar-refractivity contribution in [2.45, 2.75) is 33.2 Å². The quantitative estimate of drug-likeness (QED) is 0.617. The molecule has 3 rings (SSSR count). The highest BCUT2D eigenvalue weighted by molar-refractivity contribution is 5.76. The lowest BCUT2D eigenvalue weighted by molar-refractivity contribution is -0.121. The van der Waals surface area contributed by atoms with Gasteiger partial charge in [0.1, 0.15) is 17.9 Å². The van der Waals surface area contributed by atoms with Crippen LogP contribution in [0.1, 0.15) is 28.9 Å². The van der Waals surface area contributed by atoms with Gasteiger partial charge in [-0.2, -0.15) is 5.10 Å². The molecule has 1 amide bonds. The summed E-state index contributed by atoms with van der Waals surface area (Å²) in [6, 6.07) is 9.56. The molecule has 0 saturated heterocycles. The molecule has 0 bridgehead atoms. The first-order valence-corrected chi connectivity index (χ1v) is 9.83. The Bertz CT molecular complexity index is 1010. The summed E-state index contributed by atoms with van der Waals surface area (Å²) in [4.78, 5) is 22.9. The monoisotopic (exact) mass is 408 g/mol. The SMILES string of the molecule is COc1ccc(CNC(=O)CCc2c(C)nn(-c3cc(N(C)C)ncn3)c2C)cc1. The molecule has 0 unspecified atom stereocenters. The zero-order valence-corrected chi connectivity index (χ0v) is 18.1. The number of nitrogens with one attached hydrogen (secondary N) is 1. The third-order valence-corrected chi connectivity index (χ3v) is 5.01. The van der Waals surface area contributed by atoms with E-state index in [4.69, 9.17) is 4.74 Å². The predicted octanol–water partition coefficient (Wildman–Crippen LogP) is 2.60. The number of hydrogen-bond acceptors (Lipinski definition) is 6. The molecule has 0 aliphatic carbocycles. The normalized spacial score (nSPS) is 10.7. The van der Waals surface area contributed by atoms with E-state index in [0.717, 1.165) is 34.1 Å². The zero-order valence-electron chi connectivity index (χ0n) is 18.1. The summed E-state index contributed by atoms with van der Waals surface area (Å²) < 4.78 is 6.97. The first kappa shape index (κ1) is 21.3. The highest BCUT2D eigenvalue weighted by atomic mass is 16.5. The van der Waals surface area contributed by atoms with Crippen LogP contribution in [0.3, 0.4) is 0 Å². The summed E-state index contributed by atoms with van der Waals surface area (Å²) in [5.74, 6) is 2.33. The fraction of sp³-hybridized carbons (Fsp3) is 0.364. The number of benzene rings is 1. The van der Waals surface area contributed by atoms with Crippen LogP contribution in [0.5, 0.6) is 5.75 Å². The number of ether oxygens (including phenoxy) is 1. The Hall–Kier alpha value is -3.42. The number of aromatic nitrogens is 4. The van der Waals surface area contributed by atoms with E-state index >= 15 is 0 Å². The number of carbonyl (C=O) groups excluding carboxylic acids is 1. The molecule has 0 fully saturated rings. The molecule has 0 spiro atoms.